The molecule has 0 bridgehead atoms. The topological polar surface area (TPSA) is 217 Å². The average molecular weight is 965 g/mol. The maximum absolute atomic E-state index is 14.6. The van der Waals surface area contributed by atoms with Crippen LogP contribution in [0.3, 0.4) is 0 Å². The van der Waals surface area contributed by atoms with Crippen molar-refractivity contribution in [1.82, 2.24) is 10.6 Å². The largest absolute Gasteiger partial charge is 0.497 e. The first kappa shape index (κ1) is 50.8. The van der Waals surface area contributed by atoms with Gasteiger partial charge in [0.2, 0.25) is 23.5 Å². The van der Waals surface area contributed by atoms with Crippen LogP contribution >= 0.6 is 12.6 Å². The molecule has 1 aromatic heterocycles. The summed E-state index contributed by atoms with van der Waals surface area (Å²) in [7, 11) is -2.74. The molecule has 2 aliphatic rings. The smallest absolute Gasteiger partial charge is 0.345 e. The van der Waals surface area contributed by atoms with Crippen molar-refractivity contribution in [2.45, 2.75) is 83.7 Å². The molecule has 0 spiro atoms. The fraction of sp³-hybridized carbons (Fsp3) is 0.479. The maximum Gasteiger partial charge on any atom is 0.345 e. The number of rotatable bonds is 20. The van der Waals surface area contributed by atoms with Crippen molar-refractivity contribution >= 4 is 68.6 Å². The lowest BCUT2D eigenvalue weighted by molar-refractivity contribution is -0.645. The van der Waals surface area contributed by atoms with Gasteiger partial charge in [-0.15, -0.1) is 12.6 Å². The number of aldehydes is 1. The summed E-state index contributed by atoms with van der Waals surface area (Å²) in [5.41, 5.74) is 1.79. The number of nitrogens with one attached hydrogen (secondary N) is 2. The number of aryl methyl sites for hydroxylation is 3. The molecule has 1 aliphatic heterocycles. The number of fused-ring (bicyclic) bond motifs is 3. The number of allylic oxidation sites excluding steroid dienone is 1. The number of carbonyl (C=O) groups excluding carboxylic acids is 4. The molecule has 17 nitrogen and oxygen atoms in total. The first-order chi connectivity index (χ1) is 31.7. The lowest BCUT2D eigenvalue weighted by atomic mass is 9.82. The third-order valence-electron chi connectivity index (χ3n) is 11.9. The maximum atomic E-state index is 14.6. The van der Waals surface area contributed by atoms with E-state index in [1.165, 1.54) is 13.2 Å². The molecule has 3 aromatic carbocycles. The number of carbonyl (C=O) groups is 4. The number of nitroso groups, excluding NO2 is 1. The van der Waals surface area contributed by atoms with Crippen LogP contribution < -0.4 is 34.1 Å². The van der Waals surface area contributed by atoms with Gasteiger partial charge in [-0.05, 0) is 114 Å². The molecule has 6 rings (SSSR count). The average Bonchev–Trinajstić information content (AvgIpc) is 3.26. The van der Waals surface area contributed by atoms with E-state index in [0.717, 1.165) is 36.5 Å². The standard InChI is InChI=1S/C48H58N4O13S2/c1-30-21-34(45(55)50-47(3,4)29-64-48(5,66)28-51(57)27-33-12-10-32(11-13-33)26-49-42(54)9-7-17-53)22-31(2)44(30)65-46(56)43-36-23-35(61-6)14-15-38(36)52(16-8-20-67(58,59)60)39-25-41-40(24-37(39)43)62-18-19-63-41/h7,9,14-15,17,21-25,32-33H,8,10-13,16,18-20,26-29H2,1-6H3,(H2-2,49,50,54,55,58,59,60,66)/p+2/b9-7-. The number of amides is 2. The molecular formula is C48H60N4O13S2+2. The second-order valence-electron chi connectivity index (χ2n) is 18.1. The number of aromatic nitrogens is 1. The van der Waals surface area contributed by atoms with Crippen LogP contribution in [-0.2, 0) is 31.0 Å². The first-order valence-electron chi connectivity index (χ1n) is 22.2. The van der Waals surface area contributed by atoms with Crippen LogP contribution in [0.4, 0.5) is 0 Å². The van der Waals surface area contributed by atoms with Gasteiger partial charge in [0, 0.05) is 46.3 Å². The van der Waals surface area contributed by atoms with Crippen LogP contribution in [0.5, 0.6) is 23.0 Å². The quantitative estimate of drug-likeness (QED) is 0.00949. The Bertz CT molecular complexity index is 2670. The highest BCUT2D eigenvalue weighted by Gasteiger charge is 2.36. The Morgan fingerprint density at radius 1 is 0.955 bits per heavy atom. The summed E-state index contributed by atoms with van der Waals surface area (Å²) in [5.74, 6) is 0.233. The number of methoxy groups -OCH3 is 1. The number of esters is 1. The molecule has 3 N–H and O–H groups in total. The van der Waals surface area contributed by atoms with E-state index in [1.54, 1.807) is 77.1 Å². The van der Waals surface area contributed by atoms with E-state index in [2.05, 4.69) is 23.3 Å². The summed E-state index contributed by atoms with van der Waals surface area (Å²) in [6.45, 7) is 10.5. The Hall–Kier alpha value is -5.63. The monoisotopic (exact) mass is 964 g/mol. The van der Waals surface area contributed by atoms with Crippen molar-refractivity contribution in [1.29, 1.82) is 0 Å². The molecule has 0 saturated heterocycles. The zero-order valence-electron chi connectivity index (χ0n) is 38.7. The lowest BCUT2D eigenvalue weighted by Crippen LogP contribution is -2.49. The number of ether oxygens (including phenoxy) is 5. The second-order valence-corrected chi connectivity index (χ2v) is 20.7. The molecule has 1 atom stereocenters. The Morgan fingerprint density at radius 3 is 2.24 bits per heavy atom. The van der Waals surface area contributed by atoms with Crippen LogP contribution in [0.25, 0.3) is 21.8 Å². The van der Waals surface area contributed by atoms with Gasteiger partial charge in [-0.25, -0.2) is 4.79 Å². The number of pyridine rings is 1. The molecule has 360 valence electrons. The highest BCUT2D eigenvalue weighted by molar-refractivity contribution is 7.85. The predicted molar refractivity (Wildman–Crippen MR) is 253 cm³/mol. The Balaban J connectivity index is 1.12. The van der Waals surface area contributed by atoms with E-state index < -0.39 is 38.2 Å². The second kappa shape index (κ2) is 21.5. The minimum absolute atomic E-state index is 0.00131. The molecular weight excluding hydrogens is 905 g/mol. The van der Waals surface area contributed by atoms with Crippen molar-refractivity contribution in [3.05, 3.63) is 81.8 Å². The summed E-state index contributed by atoms with van der Waals surface area (Å²) in [5, 5.41) is 6.74. The third kappa shape index (κ3) is 13.5. The summed E-state index contributed by atoms with van der Waals surface area (Å²) in [6, 6.07) is 11.9. The van der Waals surface area contributed by atoms with Gasteiger partial charge in [-0.3, -0.25) is 18.9 Å². The van der Waals surface area contributed by atoms with Gasteiger partial charge < -0.3 is 34.3 Å². The number of thiol groups is 1. The van der Waals surface area contributed by atoms with E-state index >= 15 is 0 Å². The molecule has 1 unspecified atom stereocenters. The van der Waals surface area contributed by atoms with Crippen molar-refractivity contribution < 1.29 is 65.2 Å². The molecule has 67 heavy (non-hydrogen) atoms. The lowest BCUT2D eigenvalue weighted by Gasteiger charge is -2.31. The number of nitrogens with zero attached hydrogens (tertiary/aromatic N) is 2. The van der Waals surface area contributed by atoms with Gasteiger partial charge in [0.05, 0.1) is 47.4 Å². The molecule has 19 heteroatoms. The van der Waals surface area contributed by atoms with Gasteiger partial charge >= 0.3 is 5.97 Å². The highest BCUT2D eigenvalue weighted by Crippen LogP contribution is 2.39. The Morgan fingerprint density at radius 2 is 1.60 bits per heavy atom. The third-order valence-corrected chi connectivity index (χ3v) is 12.9. The van der Waals surface area contributed by atoms with Crippen molar-refractivity contribution in [2.75, 3.05) is 52.3 Å². The number of benzene rings is 3. The first-order valence-corrected chi connectivity index (χ1v) is 24.3. The normalized spacial score (nSPS) is 17.2. The van der Waals surface area contributed by atoms with E-state index in [9.17, 15) is 37.1 Å². The molecule has 2 heterocycles. The number of hydrogen-bond donors (Lipinski definition) is 4. The van der Waals surface area contributed by atoms with Crippen LogP contribution in [0.2, 0.25) is 0 Å². The Labute approximate surface area is 395 Å². The molecule has 1 fully saturated rings. The van der Waals surface area contributed by atoms with Gasteiger partial charge in [-0.2, -0.15) is 13.0 Å². The summed E-state index contributed by atoms with van der Waals surface area (Å²) < 4.78 is 65.3. The summed E-state index contributed by atoms with van der Waals surface area (Å²) >= 11 is 4.66. The number of hydrogen-bond acceptors (Lipinski definition) is 13. The van der Waals surface area contributed by atoms with Gasteiger partial charge in [0.25, 0.3) is 16.0 Å². The van der Waals surface area contributed by atoms with E-state index in [1.807, 2.05) is 4.57 Å². The van der Waals surface area contributed by atoms with Crippen LogP contribution in [0.1, 0.15) is 84.7 Å². The summed E-state index contributed by atoms with van der Waals surface area (Å²) in [6.07, 6.45) is 6.46. The van der Waals surface area contributed by atoms with Gasteiger partial charge in [-0.1, -0.05) is 0 Å². The zero-order chi connectivity index (χ0) is 48.7. The molecule has 1 aliphatic carbocycles. The summed E-state index contributed by atoms with van der Waals surface area (Å²) in [4.78, 5) is 62.5. The Kier molecular flexibility index (Phi) is 16.3. The van der Waals surface area contributed by atoms with E-state index in [-0.39, 0.29) is 49.3 Å². The van der Waals surface area contributed by atoms with Crippen molar-refractivity contribution in [3.8, 4) is 23.0 Å². The highest BCUT2D eigenvalue weighted by atomic mass is 32.2. The molecule has 0 radical (unpaired) electrons. The minimum atomic E-state index is -4.24. The van der Waals surface area contributed by atoms with Gasteiger partial charge in [0.15, 0.2) is 29.5 Å². The van der Waals surface area contributed by atoms with Crippen molar-refractivity contribution in [2.24, 2.45) is 11.8 Å². The molecule has 2 amide bonds. The van der Waals surface area contributed by atoms with Crippen molar-refractivity contribution in [3.63, 3.8) is 0 Å². The van der Waals surface area contributed by atoms with Crippen LogP contribution in [-0.4, -0.2) is 105 Å². The minimum Gasteiger partial charge on any atom is -0.497 e. The molecule has 4 aromatic rings. The predicted octanol–water partition coefficient (Wildman–Crippen LogP) is 5.80. The SMILES string of the molecule is COc1ccc2c(c1)c(C(=O)Oc1c(C)cc(C(=O)NC(C)(C)COC(C)(S)C[N+](=O)CC3CCC(CNC(=O)/C=C\C=O)CC3)cc1C)c1cc3c(cc1[n+]2CCCS(=O)(=O)O)OCCO3. The van der Waals surface area contributed by atoms with Gasteiger partial charge in [0.1, 0.15) is 31.0 Å². The fourth-order valence-electron chi connectivity index (χ4n) is 8.63. The zero-order valence-corrected chi connectivity index (χ0v) is 40.4. The van der Waals surface area contributed by atoms with Crippen LogP contribution in [0, 0.1) is 30.6 Å². The fourth-order valence-corrected chi connectivity index (χ4v) is 9.35. The van der Waals surface area contributed by atoms with E-state index in [0.29, 0.717) is 94.3 Å². The van der Waals surface area contributed by atoms with E-state index in [4.69, 9.17) is 23.7 Å². The molecule has 1 saturated carbocycles. The van der Waals surface area contributed by atoms with Crippen LogP contribution in [0.15, 0.2) is 54.6 Å².